The molecule has 0 saturated heterocycles. The molecule has 0 fully saturated rings. The summed E-state index contributed by atoms with van der Waals surface area (Å²) in [6.45, 7) is -0.566. The molecule has 2 N–H and O–H groups in total. The number of benzene rings is 2. The Morgan fingerprint density at radius 2 is 1.19 bits per heavy atom. The Morgan fingerprint density at radius 3 is 1.65 bits per heavy atom. The highest BCUT2D eigenvalue weighted by Gasteiger charge is 2.19. The molecule has 31 heavy (non-hydrogen) atoms. The SMILES string of the molecule is COc1ccc(-c2nnc(N(OCCO)OCCO)nc2-c2ccc(OC)cc2)cc1. The molecule has 0 aliphatic rings. The maximum atomic E-state index is 9.07. The van der Waals surface area contributed by atoms with E-state index in [1.54, 1.807) is 14.2 Å². The predicted octanol–water partition coefficient (Wildman–Crippen LogP) is 1.88. The van der Waals surface area contributed by atoms with Gasteiger partial charge < -0.3 is 19.7 Å². The van der Waals surface area contributed by atoms with Gasteiger partial charge in [-0.25, -0.2) is 14.7 Å². The Labute approximate surface area is 179 Å². The van der Waals surface area contributed by atoms with Crippen molar-refractivity contribution in [3.05, 3.63) is 48.5 Å². The van der Waals surface area contributed by atoms with Crippen LogP contribution in [0, 0.1) is 0 Å². The fraction of sp³-hybridized carbons (Fsp3) is 0.286. The molecule has 0 atom stereocenters. The normalized spacial score (nSPS) is 10.7. The molecule has 164 valence electrons. The van der Waals surface area contributed by atoms with Gasteiger partial charge in [-0.2, -0.15) is 0 Å². The third-order valence-corrected chi connectivity index (χ3v) is 4.17. The van der Waals surface area contributed by atoms with Crippen molar-refractivity contribution >= 4 is 5.95 Å². The molecule has 0 aliphatic heterocycles. The van der Waals surface area contributed by atoms with E-state index in [0.717, 1.165) is 16.4 Å². The summed E-state index contributed by atoms with van der Waals surface area (Å²) in [5.41, 5.74) is 2.63. The van der Waals surface area contributed by atoms with Crippen molar-refractivity contribution in [3.63, 3.8) is 0 Å². The minimum Gasteiger partial charge on any atom is -0.497 e. The molecule has 3 rings (SSSR count). The zero-order valence-electron chi connectivity index (χ0n) is 17.3. The van der Waals surface area contributed by atoms with Crippen LogP contribution in [-0.4, -0.2) is 66.0 Å². The van der Waals surface area contributed by atoms with Gasteiger partial charge in [0.15, 0.2) is 0 Å². The third kappa shape index (κ3) is 5.64. The monoisotopic (exact) mass is 428 g/mol. The van der Waals surface area contributed by atoms with Crippen LogP contribution >= 0.6 is 0 Å². The average Bonchev–Trinajstić information content (AvgIpc) is 2.84. The van der Waals surface area contributed by atoms with Crippen LogP contribution in [0.15, 0.2) is 48.5 Å². The molecule has 1 heterocycles. The van der Waals surface area contributed by atoms with Gasteiger partial charge in [0.1, 0.15) is 36.1 Å². The Hall–Kier alpha value is -3.31. The van der Waals surface area contributed by atoms with Gasteiger partial charge in [-0.05, 0) is 48.5 Å². The van der Waals surface area contributed by atoms with Crippen LogP contribution in [0.5, 0.6) is 11.5 Å². The maximum absolute atomic E-state index is 9.07. The maximum Gasteiger partial charge on any atom is 0.297 e. The standard InChI is InChI=1S/C21H24N4O6/c1-28-17-7-3-15(4-8-17)19-20(16-5-9-18(29-2)10-6-16)23-24-21(22-19)25(30-13-11-26)31-14-12-27/h3-10,26-27H,11-14H2,1-2H3. The first kappa shape index (κ1) is 22.4. The molecule has 0 amide bonds. The summed E-state index contributed by atoms with van der Waals surface area (Å²) in [6.07, 6.45) is 0. The molecule has 10 nitrogen and oxygen atoms in total. The summed E-state index contributed by atoms with van der Waals surface area (Å²) in [7, 11) is 3.19. The zero-order chi connectivity index (χ0) is 22.1. The van der Waals surface area contributed by atoms with E-state index in [4.69, 9.17) is 29.4 Å². The summed E-state index contributed by atoms with van der Waals surface area (Å²) in [6, 6.07) is 14.7. The number of anilines is 1. The van der Waals surface area contributed by atoms with E-state index >= 15 is 0 Å². The summed E-state index contributed by atoms with van der Waals surface area (Å²) in [5, 5.41) is 27.5. The van der Waals surface area contributed by atoms with Crippen molar-refractivity contribution < 1.29 is 29.4 Å². The largest absolute Gasteiger partial charge is 0.497 e. The van der Waals surface area contributed by atoms with Gasteiger partial charge in [-0.15, -0.1) is 10.2 Å². The molecule has 0 aliphatic carbocycles. The van der Waals surface area contributed by atoms with Crippen molar-refractivity contribution in [3.8, 4) is 34.0 Å². The van der Waals surface area contributed by atoms with Crippen molar-refractivity contribution in [2.45, 2.75) is 0 Å². The highest BCUT2D eigenvalue weighted by molar-refractivity contribution is 5.78. The van der Waals surface area contributed by atoms with E-state index < -0.39 is 0 Å². The second-order valence-electron chi connectivity index (χ2n) is 6.14. The number of aliphatic hydroxyl groups excluding tert-OH is 2. The van der Waals surface area contributed by atoms with Gasteiger partial charge in [0, 0.05) is 11.1 Å². The Balaban J connectivity index is 2.06. The van der Waals surface area contributed by atoms with Crippen LogP contribution in [0.1, 0.15) is 0 Å². The lowest BCUT2D eigenvalue weighted by molar-refractivity contribution is -0.106. The van der Waals surface area contributed by atoms with Gasteiger partial charge >= 0.3 is 0 Å². The van der Waals surface area contributed by atoms with E-state index in [1.807, 2.05) is 48.5 Å². The second-order valence-corrected chi connectivity index (χ2v) is 6.14. The molecule has 0 bridgehead atoms. The number of ether oxygens (including phenoxy) is 2. The van der Waals surface area contributed by atoms with Crippen LogP contribution in [0.2, 0.25) is 0 Å². The second kappa shape index (κ2) is 11.2. The van der Waals surface area contributed by atoms with Crippen molar-refractivity contribution in [1.29, 1.82) is 0 Å². The van der Waals surface area contributed by atoms with Gasteiger partial charge in [0.25, 0.3) is 5.95 Å². The lowest BCUT2D eigenvalue weighted by Gasteiger charge is -2.20. The number of nitrogens with zero attached hydrogens (tertiary/aromatic N) is 4. The Bertz CT molecular complexity index is 945. The summed E-state index contributed by atoms with van der Waals surface area (Å²) < 4.78 is 10.5. The third-order valence-electron chi connectivity index (χ3n) is 4.17. The fourth-order valence-electron chi connectivity index (χ4n) is 2.69. The number of aromatic nitrogens is 3. The van der Waals surface area contributed by atoms with E-state index in [-0.39, 0.29) is 32.4 Å². The first-order valence-electron chi connectivity index (χ1n) is 9.51. The number of methoxy groups -OCH3 is 2. The Morgan fingerprint density at radius 1 is 0.710 bits per heavy atom. The van der Waals surface area contributed by atoms with Crippen LogP contribution in [-0.2, 0) is 9.68 Å². The molecule has 0 saturated carbocycles. The molecule has 10 heteroatoms. The average molecular weight is 428 g/mol. The number of hydrogen-bond acceptors (Lipinski definition) is 10. The van der Waals surface area contributed by atoms with E-state index in [2.05, 4.69) is 15.2 Å². The molecule has 0 unspecified atom stereocenters. The molecular weight excluding hydrogens is 404 g/mol. The molecule has 2 aromatic carbocycles. The van der Waals surface area contributed by atoms with E-state index in [0.29, 0.717) is 22.9 Å². The predicted molar refractivity (Wildman–Crippen MR) is 112 cm³/mol. The molecule has 0 radical (unpaired) electrons. The number of hydrogen-bond donors (Lipinski definition) is 2. The zero-order valence-corrected chi connectivity index (χ0v) is 17.3. The smallest absolute Gasteiger partial charge is 0.297 e. The van der Waals surface area contributed by atoms with E-state index in [1.165, 1.54) is 0 Å². The molecular formula is C21H24N4O6. The lowest BCUT2D eigenvalue weighted by Crippen LogP contribution is -2.29. The molecule has 1 aromatic heterocycles. The van der Waals surface area contributed by atoms with Crippen LogP contribution in [0.3, 0.4) is 0 Å². The minimum atomic E-state index is -0.234. The lowest BCUT2D eigenvalue weighted by atomic mass is 10.0. The van der Waals surface area contributed by atoms with Gasteiger partial charge in [0.05, 0.1) is 27.4 Å². The molecule has 3 aromatic rings. The quantitative estimate of drug-likeness (QED) is 0.438. The first-order chi connectivity index (χ1) is 15.2. The van der Waals surface area contributed by atoms with Gasteiger partial charge in [-0.1, -0.05) is 5.23 Å². The highest BCUT2D eigenvalue weighted by atomic mass is 17.0. The van der Waals surface area contributed by atoms with E-state index in [9.17, 15) is 0 Å². The van der Waals surface area contributed by atoms with Gasteiger partial charge in [0.2, 0.25) is 0 Å². The summed E-state index contributed by atoms with van der Waals surface area (Å²) >= 11 is 0. The van der Waals surface area contributed by atoms with Crippen LogP contribution < -0.4 is 14.7 Å². The summed E-state index contributed by atoms with van der Waals surface area (Å²) in [5.74, 6) is 1.44. The van der Waals surface area contributed by atoms with Crippen molar-refractivity contribution in [2.75, 3.05) is 45.9 Å². The summed E-state index contributed by atoms with van der Waals surface area (Å²) in [4.78, 5) is 15.3. The van der Waals surface area contributed by atoms with Gasteiger partial charge in [-0.3, -0.25) is 0 Å². The highest BCUT2D eigenvalue weighted by Crippen LogP contribution is 2.31. The minimum absolute atomic E-state index is 0.0185. The van der Waals surface area contributed by atoms with Crippen molar-refractivity contribution in [1.82, 2.24) is 15.2 Å². The fourth-order valence-corrected chi connectivity index (χ4v) is 2.69. The van der Waals surface area contributed by atoms with Crippen molar-refractivity contribution in [2.24, 2.45) is 0 Å². The number of rotatable bonds is 11. The Kier molecular flexibility index (Phi) is 8.07. The number of aliphatic hydroxyl groups is 2. The first-order valence-corrected chi connectivity index (χ1v) is 9.51. The van der Waals surface area contributed by atoms with Crippen LogP contribution in [0.25, 0.3) is 22.5 Å². The van der Waals surface area contributed by atoms with Crippen LogP contribution in [0.4, 0.5) is 5.95 Å². The molecule has 0 spiro atoms. The topological polar surface area (TPSA) is 119 Å².